The molecule has 1 N–H and O–H groups in total. The minimum absolute atomic E-state index is 0.0500. The summed E-state index contributed by atoms with van der Waals surface area (Å²) < 4.78 is 36.9. The summed E-state index contributed by atoms with van der Waals surface area (Å²) in [4.78, 5) is 15.4. The molecule has 8 heteroatoms. The molecular formula is C16H17F3N2OS2. The number of nitrogens with zero attached hydrogens (tertiary/aromatic N) is 1. The van der Waals surface area contributed by atoms with Crippen LogP contribution in [0.1, 0.15) is 21.3 Å². The minimum atomic E-state index is -4.33. The van der Waals surface area contributed by atoms with Crippen LogP contribution in [0.15, 0.2) is 46.7 Å². The molecule has 0 fully saturated rings. The van der Waals surface area contributed by atoms with Crippen LogP contribution in [0.4, 0.5) is 13.2 Å². The van der Waals surface area contributed by atoms with E-state index in [4.69, 9.17) is 0 Å². The van der Waals surface area contributed by atoms with Gasteiger partial charge in [0.05, 0.1) is 6.04 Å². The number of thiophene rings is 1. The first-order chi connectivity index (χ1) is 11.3. The Morgan fingerprint density at radius 1 is 1.25 bits per heavy atom. The summed E-state index contributed by atoms with van der Waals surface area (Å²) in [5.74, 6) is -0.304. The summed E-state index contributed by atoms with van der Waals surface area (Å²) in [6, 6.07) is 9.42. The second-order valence-electron chi connectivity index (χ2n) is 5.28. The molecule has 1 unspecified atom stereocenters. The van der Waals surface area contributed by atoms with Crippen molar-refractivity contribution in [2.24, 2.45) is 0 Å². The third kappa shape index (κ3) is 5.54. The van der Waals surface area contributed by atoms with Crippen molar-refractivity contribution < 1.29 is 18.0 Å². The van der Waals surface area contributed by atoms with Gasteiger partial charge in [-0.05, 0) is 61.6 Å². The smallest absolute Gasteiger partial charge is 0.350 e. The summed E-state index contributed by atoms with van der Waals surface area (Å²) in [6.45, 7) is 0.422. The first kappa shape index (κ1) is 18.8. The standard InChI is InChI=1S/C16H17F3N2OS2/c1-21(2)13(14-4-3-9-23-14)10-20-15(22)11-5-7-12(8-6-11)24-16(17,18)19/h3-9,13H,10H2,1-2H3,(H,20,22). The number of carbonyl (C=O) groups excluding carboxylic acids is 1. The van der Waals surface area contributed by atoms with Gasteiger partial charge in [0.2, 0.25) is 0 Å². The minimum Gasteiger partial charge on any atom is -0.350 e. The topological polar surface area (TPSA) is 32.3 Å². The van der Waals surface area contributed by atoms with E-state index >= 15 is 0 Å². The predicted octanol–water partition coefficient (Wildman–Crippen LogP) is 4.39. The van der Waals surface area contributed by atoms with E-state index in [1.54, 1.807) is 11.3 Å². The van der Waals surface area contributed by atoms with E-state index in [2.05, 4.69) is 5.32 Å². The summed E-state index contributed by atoms with van der Waals surface area (Å²) in [6.07, 6.45) is 0. The second kappa shape index (κ2) is 8.04. The van der Waals surface area contributed by atoms with Crippen LogP contribution in [0.3, 0.4) is 0 Å². The summed E-state index contributed by atoms with van der Waals surface area (Å²) >= 11 is 1.42. The molecule has 1 heterocycles. The highest BCUT2D eigenvalue weighted by Crippen LogP contribution is 2.36. The number of rotatable bonds is 6. The van der Waals surface area contributed by atoms with Gasteiger partial charge in [0, 0.05) is 21.9 Å². The number of carbonyl (C=O) groups is 1. The maximum atomic E-state index is 12.3. The van der Waals surface area contributed by atoms with E-state index in [0.717, 1.165) is 4.88 Å². The fourth-order valence-corrected chi connectivity index (χ4v) is 3.58. The van der Waals surface area contributed by atoms with Crippen LogP contribution in [-0.4, -0.2) is 37.0 Å². The average molecular weight is 374 g/mol. The molecule has 0 radical (unpaired) electrons. The molecule has 0 saturated carbocycles. The Morgan fingerprint density at radius 2 is 1.92 bits per heavy atom. The van der Waals surface area contributed by atoms with Gasteiger partial charge in [0.25, 0.3) is 5.91 Å². The third-order valence-corrected chi connectivity index (χ3v) is 5.01. The number of hydrogen-bond acceptors (Lipinski definition) is 4. The van der Waals surface area contributed by atoms with E-state index in [1.165, 1.54) is 24.3 Å². The highest BCUT2D eigenvalue weighted by atomic mass is 32.2. The van der Waals surface area contributed by atoms with Gasteiger partial charge in [-0.3, -0.25) is 4.79 Å². The fraction of sp³-hybridized carbons (Fsp3) is 0.312. The van der Waals surface area contributed by atoms with E-state index < -0.39 is 5.51 Å². The zero-order valence-corrected chi connectivity index (χ0v) is 14.8. The number of amides is 1. The first-order valence-corrected chi connectivity index (χ1v) is 8.80. The van der Waals surface area contributed by atoms with Crippen molar-refractivity contribution in [3.8, 4) is 0 Å². The molecule has 1 aromatic carbocycles. The van der Waals surface area contributed by atoms with Gasteiger partial charge in [0.1, 0.15) is 0 Å². The van der Waals surface area contributed by atoms with Crippen LogP contribution in [-0.2, 0) is 0 Å². The number of benzene rings is 1. The Bertz CT molecular complexity index is 655. The van der Waals surface area contributed by atoms with Crippen LogP contribution < -0.4 is 5.32 Å². The average Bonchev–Trinajstić information content (AvgIpc) is 3.00. The van der Waals surface area contributed by atoms with Crippen LogP contribution in [0.25, 0.3) is 0 Å². The number of likely N-dealkylation sites (N-methyl/N-ethyl adjacent to an activating group) is 1. The number of thioether (sulfide) groups is 1. The lowest BCUT2D eigenvalue weighted by molar-refractivity contribution is -0.0328. The summed E-state index contributed by atoms with van der Waals surface area (Å²) in [5.41, 5.74) is -3.99. The van der Waals surface area contributed by atoms with E-state index in [0.29, 0.717) is 12.1 Å². The van der Waals surface area contributed by atoms with Crippen molar-refractivity contribution >= 4 is 29.0 Å². The molecule has 3 nitrogen and oxygen atoms in total. The van der Waals surface area contributed by atoms with Crippen molar-refractivity contribution in [2.75, 3.05) is 20.6 Å². The molecule has 1 atom stereocenters. The first-order valence-electron chi connectivity index (χ1n) is 7.10. The third-order valence-electron chi connectivity index (χ3n) is 3.30. The largest absolute Gasteiger partial charge is 0.446 e. The van der Waals surface area contributed by atoms with Crippen LogP contribution in [0.2, 0.25) is 0 Å². The highest BCUT2D eigenvalue weighted by molar-refractivity contribution is 8.00. The van der Waals surface area contributed by atoms with E-state index in [-0.39, 0.29) is 28.6 Å². The van der Waals surface area contributed by atoms with Gasteiger partial charge < -0.3 is 10.2 Å². The molecule has 2 rings (SSSR count). The molecule has 1 amide bonds. The zero-order chi connectivity index (χ0) is 17.7. The van der Waals surface area contributed by atoms with Crippen molar-refractivity contribution in [3.63, 3.8) is 0 Å². The molecule has 0 aliphatic heterocycles. The van der Waals surface area contributed by atoms with Gasteiger partial charge in [-0.2, -0.15) is 13.2 Å². The molecule has 1 aromatic heterocycles. The van der Waals surface area contributed by atoms with E-state index in [1.807, 2.05) is 36.5 Å². The van der Waals surface area contributed by atoms with Gasteiger partial charge in [-0.25, -0.2) is 0 Å². The zero-order valence-electron chi connectivity index (χ0n) is 13.1. The molecule has 0 aliphatic carbocycles. The predicted molar refractivity (Wildman–Crippen MR) is 91.4 cm³/mol. The molecule has 24 heavy (non-hydrogen) atoms. The Morgan fingerprint density at radius 3 is 2.42 bits per heavy atom. The number of nitrogens with one attached hydrogen (secondary N) is 1. The lowest BCUT2D eigenvalue weighted by atomic mass is 10.2. The lowest BCUT2D eigenvalue weighted by Gasteiger charge is -2.23. The van der Waals surface area contributed by atoms with Crippen LogP contribution in [0.5, 0.6) is 0 Å². The molecule has 130 valence electrons. The van der Waals surface area contributed by atoms with Crippen molar-refractivity contribution in [1.29, 1.82) is 0 Å². The molecule has 0 aliphatic rings. The molecule has 0 spiro atoms. The summed E-state index contributed by atoms with van der Waals surface area (Å²) in [5, 5.41) is 4.81. The Balaban J connectivity index is 1.96. The Hall–Kier alpha value is -1.51. The SMILES string of the molecule is CN(C)C(CNC(=O)c1ccc(SC(F)(F)F)cc1)c1cccs1. The lowest BCUT2D eigenvalue weighted by Crippen LogP contribution is -2.34. The molecule has 2 aromatic rings. The monoisotopic (exact) mass is 374 g/mol. The number of halogens is 3. The van der Waals surface area contributed by atoms with Crippen LogP contribution >= 0.6 is 23.1 Å². The van der Waals surface area contributed by atoms with Gasteiger partial charge in [-0.15, -0.1) is 11.3 Å². The van der Waals surface area contributed by atoms with Crippen molar-refractivity contribution in [1.82, 2.24) is 10.2 Å². The molecular weight excluding hydrogens is 357 g/mol. The van der Waals surface area contributed by atoms with Crippen LogP contribution in [0, 0.1) is 0 Å². The van der Waals surface area contributed by atoms with Gasteiger partial charge in [0.15, 0.2) is 0 Å². The maximum absolute atomic E-state index is 12.3. The fourth-order valence-electron chi connectivity index (χ4n) is 2.12. The summed E-state index contributed by atoms with van der Waals surface area (Å²) in [7, 11) is 3.86. The normalized spacial score (nSPS) is 13.1. The number of alkyl halides is 3. The number of hydrogen-bond donors (Lipinski definition) is 1. The van der Waals surface area contributed by atoms with Gasteiger partial charge in [-0.1, -0.05) is 6.07 Å². The van der Waals surface area contributed by atoms with Gasteiger partial charge >= 0.3 is 5.51 Å². The van der Waals surface area contributed by atoms with Crippen molar-refractivity contribution in [3.05, 3.63) is 52.2 Å². The second-order valence-corrected chi connectivity index (χ2v) is 7.39. The molecule has 0 bridgehead atoms. The van der Waals surface area contributed by atoms with E-state index in [9.17, 15) is 18.0 Å². The maximum Gasteiger partial charge on any atom is 0.446 e. The quantitative estimate of drug-likeness (QED) is 0.761. The molecule has 0 saturated heterocycles. The van der Waals surface area contributed by atoms with Crippen molar-refractivity contribution in [2.45, 2.75) is 16.4 Å². The Kier molecular flexibility index (Phi) is 6.31. The Labute approximate surface area is 146 Å². The highest BCUT2D eigenvalue weighted by Gasteiger charge is 2.29.